The molecule has 0 heterocycles. The van der Waals surface area contributed by atoms with Gasteiger partial charge in [0, 0.05) is 17.6 Å². The van der Waals surface area contributed by atoms with E-state index in [1.807, 2.05) is 13.0 Å². The second kappa shape index (κ2) is 8.21. The van der Waals surface area contributed by atoms with Gasteiger partial charge >= 0.3 is 0 Å². The molecule has 0 aliphatic heterocycles. The van der Waals surface area contributed by atoms with Crippen LogP contribution in [0.25, 0.3) is 0 Å². The molecule has 0 bridgehead atoms. The third kappa shape index (κ3) is 5.23. The van der Waals surface area contributed by atoms with Crippen molar-refractivity contribution in [1.82, 2.24) is 5.32 Å². The Kier molecular flexibility index (Phi) is 6.93. The number of rotatable bonds is 8. The summed E-state index contributed by atoms with van der Waals surface area (Å²) in [6, 6.07) is 9.16. The highest BCUT2D eigenvalue weighted by molar-refractivity contribution is 5.35. The number of benzene rings is 1. The van der Waals surface area contributed by atoms with Gasteiger partial charge in [-0.15, -0.1) is 0 Å². The predicted octanol–water partition coefficient (Wildman–Crippen LogP) is 4.56. The number of hydrogen-bond donors (Lipinski definition) is 1. The molecule has 0 aliphatic carbocycles. The van der Waals surface area contributed by atoms with E-state index >= 15 is 0 Å². The number of nitrogens with one attached hydrogen (secondary N) is 1. The summed E-state index contributed by atoms with van der Waals surface area (Å²) in [7, 11) is 0. The fourth-order valence-corrected chi connectivity index (χ4v) is 2.48. The Labute approximate surface area is 118 Å². The SMILES string of the molecule is CCOc1ccccc1C(C)NC(C)CC(C)CC. The van der Waals surface area contributed by atoms with Crippen molar-refractivity contribution in [2.75, 3.05) is 6.61 Å². The average Bonchev–Trinajstić information content (AvgIpc) is 2.39. The molecule has 0 amide bonds. The van der Waals surface area contributed by atoms with Crippen molar-refractivity contribution in [1.29, 1.82) is 0 Å². The van der Waals surface area contributed by atoms with Gasteiger partial charge in [-0.1, -0.05) is 38.5 Å². The normalized spacial score (nSPS) is 15.8. The zero-order valence-corrected chi connectivity index (χ0v) is 13.1. The van der Waals surface area contributed by atoms with Gasteiger partial charge < -0.3 is 10.1 Å². The molecule has 19 heavy (non-hydrogen) atoms. The van der Waals surface area contributed by atoms with Crippen LogP contribution in [0.4, 0.5) is 0 Å². The number of para-hydroxylation sites is 1. The van der Waals surface area contributed by atoms with Crippen molar-refractivity contribution in [2.24, 2.45) is 5.92 Å². The minimum atomic E-state index is 0.321. The molecule has 2 nitrogen and oxygen atoms in total. The summed E-state index contributed by atoms with van der Waals surface area (Å²) in [4.78, 5) is 0. The molecular weight excluding hydrogens is 234 g/mol. The second-order valence-electron chi connectivity index (χ2n) is 5.51. The van der Waals surface area contributed by atoms with Gasteiger partial charge in [-0.05, 0) is 39.2 Å². The molecule has 0 saturated heterocycles. The topological polar surface area (TPSA) is 21.3 Å². The van der Waals surface area contributed by atoms with E-state index in [1.165, 1.54) is 18.4 Å². The van der Waals surface area contributed by atoms with Gasteiger partial charge in [-0.25, -0.2) is 0 Å². The molecule has 0 radical (unpaired) electrons. The van der Waals surface area contributed by atoms with Crippen molar-refractivity contribution in [2.45, 2.75) is 59.5 Å². The molecule has 0 aliphatic rings. The van der Waals surface area contributed by atoms with Gasteiger partial charge in [0.15, 0.2) is 0 Å². The summed E-state index contributed by atoms with van der Waals surface area (Å²) < 4.78 is 5.70. The molecule has 0 fully saturated rings. The minimum absolute atomic E-state index is 0.321. The number of hydrogen-bond acceptors (Lipinski definition) is 2. The predicted molar refractivity (Wildman–Crippen MR) is 82.7 cm³/mol. The van der Waals surface area contributed by atoms with Gasteiger partial charge in [0.2, 0.25) is 0 Å². The largest absolute Gasteiger partial charge is 0.494 e. The van der Waals surface area contributed by atoms with E-state index in [0.717, 1.165) is 11.7 Å². The van der Waals surface area contributed by atoms with Crippen molar-refractivity contribution >= 4 is 0 Å². The Balaban J connectivity index is 2.64. The molecule has 1 aromatic carbocycles. The van der Waals surface area contributed by atoms with Crippen LogP contribution in [0.5, 0.6) is 5.75 Å². The Morgan fingerprint density at radius 2 is 1.79 bits per heavy atom. The summed E-state index contributed by atoms with van der Waals surface area (Å²) in [5, 5.41) is 3.68. The Hall–Kier alpha value is -1.02. The maximum absolute atomic E-state index is 5.70. The fourth-order valence-electron chi connectivity index (χ4n) is 2.48. The first-order valence-electron chi connectivity index (χ1n) is 7.56. The first kappa shape index (κ1) is 16.0. The van der Waals surface area contributed by atoms with Crippen molar-refractivity contribution < 1.29 is 4.74 Å². The van der Waals surface area contributed by atoms with Crippen molar-refractivity contribution in [3.63, 3.8) is 0 Å². The summed E-state index contributed by atoms with van der Waals surface area (Å²) in [6.07, 6.45) is 2.47. The van der Waals surface area contributed by atoms with E-state index in [0.29, 0.717) is 18.7 Å². The van der Waals surface area contributed by atoms with Gasteiger partial charge in [0.1, 0.15) is 5.75 Å². The third-order valence-corrected chi connectivity index (χ3v) is 3.67. The lowest BCUT2D eigenvalue weighted by Crippen LogP contribution is -2.30. The lowest BCUT2D eigenvalue weighted by Gasteiger charge is -2.24. The standard InChI is InChI=1S/C17H29NO/c1-6-13(3)12-14(4)18-15(5)16-10-8-9-11-17(16)19-7-2/h8-11,13-15,18H,6-7,12H2,1-5H3. The fraction of sp³-hybridized carbons (Fsp3) is 0.647. The van der Waals surface area contributed by atoms with E-state index in [-0.39, 0.29) is 0 Å². The molecule has 3 unspecified atom stereocenters. The molecule has 0 saturated carbocycles. The zero-order valence-electron chi connectivity index (χ0n) is 13.1. The van der Waals surface area contributed by atoms with Gasteiger partial charge in [-0.3, -0.25) is 0 Å². The highest BCUT2D eigenvalue weighted by Crippen LogP contribution is 2.25. The van der Waals surface area contributed by atoms with E-state index in [4.69, 9.17) is 4.74 Å². The highest BCUT2D eigenvalue weighted by Gasteiger charge is 2.14. The van der Waals surface area contributed by atoms with Crippen LogP contribution in [0.15, 0.2) is 24.3 Å². The van der Waals surface area contributed by atoms with Crippen LogP contribution >= 0.6 is 0 Å². The molecule has 1 rings (SSSR count). The molecule has 0 aromatic heterocycles. The van der Waals surface area contributed by atoms with Crippen LogP contribution < -0.4 is 10.1 Å². The van der Waals surface area contributed by atoms with Crippen LogP contribution in [0, 0.1) is 5.92 Å². The molecule has 1 N–H and O–H groups in total. The first-order valence-corrected chi connectivity index (χ1v) is 7.56. The summed E-state index contributed by atoms with van der Waals surface area (Å²) >= 11 is 0. The maximum atomic E-state index is 5.70. The molecule has 108 valence electrons. The lowest BCUT2D eigenvalue weighted by atomic mass is 9.99. The molecule has 3 atom stereocenters. The Morgan fingerprint density at radius 1 is 1.11 bits per heavy atom. The Morgan fingerprint density at radius 3 is 2.42 bits per heavy atom. The number of ether oxygens (including phenoxy) is 1. The van der Waals surface area contributed by atoms with E-state index in [9.17, 15) is 0 Å². The third-order valence-electron chi connectivity index (χ3n) is 3.67. The van der Waals surface area contributed by atoms with Crippen LogP contribution in [0.1, 0.15) is 59.1 Å². The second-order valence-corrected chi connectivity index (χ2v) is 5.51. The van der Waals surface area contributed by atoms with E-state index < -0.39 is 0 Å². The van der Waals surface area contributed by atoms with Gasteiger partial charge in [0.25, 0.3) is 0 Å². The minimum Gasteiger partial charge on any atom is -0.494 e. The molecule has 1 aromatic rings. The van der Waals surface area contributed by atoms with Crippen molar-refractivity contribution in [3.05, 3.63) is 29.8 Å². The average molecular weight is 263 g/mol. The molecule has 0 spiro atoms. The maximum Gasteiger partial charge on any atom is 0.124 e. The van der Waals surface area contributed by atoms with Crippen LogP contribution in [0.2, 0.25) is 0 Å². The molecule has 2 heteroatoms. The zero-order chi connectivity index (χ0) is 14.3. The van der Waals surface area contributed by atoms with Crippen LogP contribution in [-0.4, -0.2) is 12.6 Å². The van der Waals surface area contributed by atoms with Crippen molar-refractivity contribution in [3.8, 4) is 5.75 Å². The monoisotopic (exact) mass is 263 g/mol. The highest BCUT2D eigenvalue weighted by atomic mass is 16.5. The first-order chi connectivity index (χ1) is 9.08. The summed E-state index contributed by atoms with van der Waals surface area (Å²) in [5.74, 6) is 1.78. The van der Waals surface area contributed by atoms with E-state index in [2.05, 4.69) is 51.2 Å². The molecular formula is C17H29NO. The smallest absolute Gasteiger partial charge is 0.124 e. The van der Waals surface area contributed by atoms with Crippen LogP contribution in [-0.2, 0) is 0 Å². The Bertz CT molecular complexity index is 364. The van der Waals surface area contributed by atoms with Gasteiger partial charge in [0.05, 0.1) is 6.61 Å². The van der Waals surface area contributed by atoms with Gasteiger partial charge in [-0.2, -0.15) is 0 Å². The van der Waals surface area contributed by atoms with E-state index in [1.54, 1.807) is 0 Å². The van der Waals surface area contributed by atoms with Crippen LogP contribution in [0.3, 0.4) is 0 Å². The summed E-state index contributed by atoms with van der Waals surface area (Å²) in [6.45, 7) is 11.8. The lowest BCUT2D eigenvalue weighted by molar-refractivity contribution is 0.327. The quantitative estimate of drug-likeness (QED) is 0.742. The summed E-state index contributed by atoms with van der Waals surface area (Å²) in [5.41, 5.74) is 1.25.